The van der Waals surface area contributed by atoms with Crippen LogP contribution < -0.4 is 10.0 Å². The Bertz CT molecular complexity index is 786. The summed E-state index contributed by atoms with van der Waals surface area (Å²) in [5.41, 5.74) is 0.931. The number of nitrogens with zero attached hydrogens (tertiary/aromatic N) is 2. The van der Waals surface area contributed by atoms with Gasteiger partial charge in [0.15, 0.2) is 5.13 Å². The van der Waals surface area contributed by atoms with Gasteiger partial charge in [-0.1, -0.05) is 11.3 Å². The van der Waals surface area contributed by atoms with E-state index in [4.69, 9.17) is 0 Å². The first-order valence-electron chi connectivity index (χ1n) is 8.72. The van der Waals surface area contributed by atoms with E-state index in [9.17, 15) is 8.42 Å². The molecule has 0 amide bonds. The van der Waals surface area contributed by atoms with Gasteiger partial charge in [-0.25, -0.2) is 23.1 Å². The molecular weight excluding hydrogens is 356 g/mol. The molecule has 1 fully saturated rings. The van der Waals surface area contributed by atoms with E-state index in [1.165, 1.54) is 0 Å². The van der Waals surface area contributed by atoms with Crippen molar-refractivity contribution in [1.82, 2.24) is 14.7 Å². The van der Waals surface area contributed by atoms with Crippen molar-refractivity contribution in [2.24, 2.45) is 5.92 Å². The highest BCUT2D eigenvalue weighted by atomic mass is 32.2. The molecule has 2 heterocycles. The lowest BCUT2D eigenvalue weighted by Crippen LogP contribution is -2.42. The molecule has 2 aromatic rings. The summed E-state index contributed by atoms with van der Waals surface area (Å²) in [5, 5.41) is 4.44. The minimum atomic E-state index is -3.25. The second-order valence-electron chi connectivity index (χ2n) is 7.67. The third kappa shape index (κ3) is 4.48. The Labute approximate surface area is 153 Å². The van der Waals surface area contributed by atoms with Crippen molar-refractivity contribution in [1.29, 1.82) is 0 Å². The molecule has 0 bridgehead atoms. The fourth-order valence-electron chi connectivity index (χ4n) is 2.96. The second kappa shape index (κ2) is 7.17. The lowest BCUT2D eigenvalue weighted by molar-refractivity contribution is 0.336. The van der Waals surface area contributed by atoms with Crippen molar-refractivity contribution < 1.29 is 8.42 Å². The summed E-state index contributed by atoms with van der Waals surface area (Å²) in [7, 11) is -3.25. The summed E-state index contributed by atoms with van der Waals surface area (Å²) in [5.74, 6) is 0.409. The number of pyridine rings is 1. The normalized spacial score (nSPS) is 22.2. The molecule has 1 aliphatic carbocycles. The number of nitrogens with one attached hydrogen (secondary N) is 2. The molecule has 25 heavy (non-hydrogen) atoms. The summed E-state index contributed by atoms with van der Waals surface area (Å²) in [6, 6.07) is 4.27. The van der Waals surface area contributed by atoms with Crippen LogP contribution in [0, 0.1) is 5.92 Å². The van der Waals surface area contributed by atoms with Crippen molar-refractivity contribution in [3.63, 3.8) is 0 Å². The molecule has 0 spiro atoms. The van der Waals surface area contributed by atoms with Crippen LogP contribution >= 0.6 is 11.3 Å². The summed E-state index contributed by atoms with van der Waals surface area (Å²) in [4.78, 5) is 9.85. The lowest BCUT2D eigenvalue weighted by Gasteiger charge is -2.30. The van der Waals surface area contributed by atoms with Crippen molar-refractivity contribution in [2.75, 3.05) is 11.9 Å². The van der Waals surface area contributed by atoms with Gasteiger partial charge in [0.1, 0.15) is 10.3 Å². The van der Waals surface area contributed by atoms with Gasteiger partial charge in [-0.05, 0) is 64.5 Å². The van der Waals surface area contributed by atoms with Crippen LogP contribution in [0.4, 0.5) is 5.13 Å². The number of anilines is 1. The summed E-state index contributed by atoms with van der Waals surface area (Å²) >= 11 is 1.58. The number of thiazole rings is 1. The molecular formula is C17H26N4O2S2. The van der Waals surface area contributed by atoms with E-state index < -0.39 is 14.8 Å². The van der Waals surface area contributed by atoms with Crippen LogP contribution in [0.1, 0.15) is 46.5 Å². The number of sulfonamides is 1. The monoisotopic (exact) mass is 382 g/mol. The Balaban J connectivity index is 1.49. The van der Waals surface area contributed by atoms with E-state index in [1.54, 1.807) is 38.3 Å². The van der Waals surface area contributed by atoms with E-state index in [-0.39, 0.29) is 0 Å². The molecule has 6 nitrogen and oxygen atoms in total. The van der Waals surface area contributed by atoms with Crippen LogP contribution in [0.2, 0.25) is 0 Å². The van der Waals surface area contributed by atoms with Crippen LogP contribution in [0.25, 0.3) is 10.3 Å². The average Bonchev–Trinajstić information content (AvgIpc) is 2.95. The van der Waals surface area contributed by atoms with Gasteiger partial charge in [-0.3, -0.25) is 0 Å². The van der Waals surface area contributed by atoms with Gasteiger partial charge in [-0.15, -0.1) is 0 Å². The highest BCUT2D eigenvalue weighted by molar-refractivity contribution is 7.90. The molecule has 2 aromatic heterocycles. The predicted octanol–water partition coefficient (Wildman–Crippen LogP) is 3.38. The first kappa shape index (κ1) is 18.5. The zero-order valence-electron chi connectivity index (χ0n) is 14.9. The standard InChI is InChI=1S/C17H26N4O2S2/c1-17(2,3)25(22,23)19-11-12-6-8-13(9-7-12)20-16-21-14-5-4-10-18-15(14)24-16/h4-5,10,12-13,19H,6-9,11H2,1-3H3,(H,20,21). The Hall–Kier alpha value is -1.25. The molecule has 138 valence electrons. The molecule has 3 rings (SSSR count). The van der Waals surface area contributed by atoms with Gasteiger partial charge < -0.3 is 5.32 Å². The molecule has 0 radical (unpaired) electrons. The average molecular weight is 383 g/mol. The summed E-state index contributed by atoms with van der Waals surface area (Å²) < 4.78 is 26.3. The van der Waals surface area contributed by atoms with Crippen LogP contribution in [-0.2, 0) is 10.0 Å². The van der Waals surface area contributed by atoms with Crippen molar-refractivity contribution in [2.45, 2.75) is 57.2 Å². The maximum Gasteiger partial charge on any atom is 0.216 e. The van der Waals surface area contributed by atoms with E-state index in [0.29, 0.717) is 18.5 Å². The third-order valence-electron chi connectivity index (χ3n) is 4.71. The van der Waals surface area contributed by atoms with E-state index in [1.807, 2.05) is 12.1 Å². The molecule has 0 saturated heterocycles. The fourth-order valence-corrected chi connectivity index (χ4v) is 4.73. The Morgan fingerprint density at radius 3 is 2.60 bits per heavy atom. The molecule has 1 saturated carbocycles. The van der Waals surface area contributed by atoms with Gasteiger partial charge in [0.25, 0.3) is 0 Å². The smallest absolute Gasteiger partial charge is 0.216 e. The van der Waals surface area contributed by atoms with Crippen LogP contribution in [0.3, 0.4) is 0 Å². The zero-order chi connectivity index (χ0) is 18.1. The van der Waals surface area contributed by atoms with Crippen molar-refractivity contribution in [3.8, 4) is 0 Å². The topological polar surface area (TPSA) is 84.0 Å². The van der Waals surface area contributed by atoms with Gasteiger partial charge in [-0.2, -0.15) is 0 Å². The molecule has 0 aliphatic heterocycles. The predicted molar refractivity (Wildman–Crippen MR) is 103 cm³/mol. The fraction of sp³-hybridized carbons (Fsp3) is 0.647. The number of aromatic nitrogens is 2. The summed E-state index contributed by atoms with van der Waals surface area (Å²) in [6.07, 6.45) is 5.89. The molecule has 2 N–H and O–H groups in total. The number of hydrogen-bond acceptors (Lipinski definition) is 6. The van der Waals surface area contributed by atoms with Crippen molar-refractivity contribution >= 4 is 36.8 Å². The molecule has 0 atom stereocenters. The highest BCUT2D eigenvalue weighted by Gasteiger charge is 2.30. The Morgan fingerprint density at radius 1 is 1.24 bits per heavy atom. The molecule has 0 unspecified atom stereocenters. The minimum absolute atomic E-state index is 0.399. The minimum Gasteiger partial charge on any atom is -0.359 e. The largest absolute Gasteiger partial charge is 0.359 e. The number of hydrogen-bond donors (Lipinski definition) is 2. The maximum atomic E-state index is 12.1. The summed E-state index contributed by atoms with van der Waals surface area (Å²) in [6.45, 7) is 5.71. The number of rotatable bonds is 5. The van der Waals surface area contributed by atoms with E-state index in [0.717, 1.165) is 41.2 Å². The van der Waals surface area contributed by atoms with Crippen LogP contribution in [0.15, 0.2) is 18.3 Å². The molecule has 8 heteroatoms. The van der Waals surface area contributed by atoms with Crippen molar-refractivity contribution in [3.05, 3.63) is 18.3 Å². The van der Waals surface area contributed by atoms with Gasteiger partial charge >= 0.3 is 0 Å². The van der Waals surface area contributed by atoms with Crippen LogP contribution in [-0.4, -0.2) is 35.7 Å². The zero-order valence-corrected chi connectivity index (χ0v) is 16.6. The van der Waals surface area contributed by atoms with E-state index >= 15 is 0 Å². The first-order chi connectivity index (χ1) is 11.7. The maximum absolute atomic E-state index is 12.1. The lowest BCUT2D eigenvalue weighted by atomic mass is 9.86. The highest BCUT2D eigenvalue weighted by Crippen LogP contribution is 2.29. The Kier molecular flexibility index (Phi) is 5.31. The van der Waals surface area contributed by atoms with E-state index in [2.05, 4.69) is 20.0 Å². The number of fused-ring (bicyclic) bond motifs is 1. The molecule has 1 aliphatic rings. The van der Waals surface area contributed by atoms with Gasteiger partial charge in [0.05, 0.1) is 4.75 Å². The first-order valence-corrected chi connectivity index (χ1v) is 11.0. The van der Waals surface area contributed by atoms with Gasteiger partial charge in [0.2, 0.25) is 10.0 Å². The van der Waals surface area contributed by atoms with Gasteiger partial charge in [0, 0.05) is 18.8 Å². The quantitative estimate of drug-likeness (QED) is 0.828. The SMILES string of the molecule is CC(C)(C)S(=O)(=O)NCC1CCC(Nc2nc3cccnc3s2)CC1. The second-order valence-corrected chi connectivity index (χ2v) is 11.2. The molecule has 0 aromatic carbocycles. The third-order valence-corrected chi connectivity index (χ3v) is 7.78. The Morgan fingerprint density at radius 2 is 1.96 bits per heavy atom. The van der Waals surface area contributed by atoms with Crippen LogP contribution in [0.5, 0.6) is 0 Å².